The summed E-state index contributed by atoms with van der Waals surface area (Å²) in [6.45, 7) is 0. The van der Waals surface area contributed by atoms with Gasteiger partial charge in [-0.15, -0.1) is 11.6 Å². The van der Waals surface area contributed by atoms with Crippen LogP contribution in [0.2, 0.25) is 0 Å². The molecule has 0 amide bonds. The van der Waals surface area contributed by atoms with E-state index in [1.54, 1.807) is 0 Å². The Morgan fingerprint density at radius 2 is 1.12 bits per heavy atom. The first-order valence-electron chi connectivity index (χ1n) is 17.8. The van der Waals surface area contributed by atoms with E-state index in [2.05, 4.69) is 59.2 Å². The van der Waals surface area contributed by atoms with E-state index in [4.69, 9.17) is 11.6 Å². The Morgan fingerprint density at radius 1 is 0.537 bits per heavy atom. The Hall–Kier alpha value is -1.41. The maximum Gasteiger partial charge on any atom is 0.0441 e. The van der Waals surface area contributed by atoms with E-state index in [1.807, 2.05) is 0 Å². The molecule has 7 aliphatic rings. The Balaban J connectivity index is 1.10. The molecule has 2 saturated carbocycles. The lowest BCUT2D eigenvalue weighted by molar-refractivity contribution is -0.0770. The summed E-state index contributed by atoms with van der Waals surface area (Å²) in [5.74, 6) is 6.18. The molecule has 2 N–H and O–H groups in total. The normalized spacial score (nSPS) is 44.3. The van der Waals surface area contributed by atoms with Crippen LogP contribution < -0.4 is 10.6 Å². The molecule has 41 heavy (non-hydrogen) atoms. The second kappa shape index (κ2) is 13.1. The minimum absolute atomic E-state index is 0.366. The molecule has 0 aromatic carbocycles. The van der Waals surface area contributed by atoms with Gasteiger partial charge in [-0.25, -0.2) is 0 Å². The van der Waals surface area contributed by atoms with E-state index >= 15 is 0 Å². The van der Waals surface area contributed by atoms with Gasteiger partial charge in [0.05, 0.1) is 0 Å². The molecular formula is C38H55ClN2. The van der Waals surface area contributed by atoms with Crippen molar-refractivity contribution >= 4 is 11.6 Å². The van der Waals surface area contributed by atoms with E-state index < -0.39 is 0 Å². The van der Waals surface area contributed by atoms with Crippen molar-refractivity contribution in [1.29, 1.82) is 0 Å². The van der Waals surface area contributed by atoms with Gasteiger partial charge in [-0.05, 0) is 150 Å². The lowest BCUT2D eigenvalue weighted by atomic mass is 9.46. The lowest BCUT2D eigenvalue weighted by Crippen LogP contribution is -2.55. The molecule has 0 bridgehead atoms. The summed E-state index contributed by atoms with van der Waals surface area (Å²) in [6.07, 6.45) is 42.8. The van der Waals surface area contributed by atoms with Crippen molar-refractivity contribution in [3.8, 4) is 0 Å². The molecule has 0 aromatic rings. The maximum absolute atomic E-state index is 7.43. The molecule has 2 fully saturated rings. The summed E-state index contributed by atoms with van der Waals surface area (Å²) >= 11 is 7.43. The second-order valence-corrected chi connectivity index (χ2v) is 15.4. The maximum atomic E-state index is 7.43. The minimum Gasteiger partial charge on any atom is -0.382 e. The third kappa shape index (κ3) is 6.16. The zero-order valence-electron chi connectivity index (χ0n) is 25.4. The summed E-state index contributed by atoms with van der Waals surface area (Å²) in [5, 5.41) is 8.17. The predicted molar refractivity (Wildman–Crippen MR) is 173 cm³/mol. The first kappa shape index (κ1) is 28.4. The van der Waals surface area contributed by atoms with E-state index in [1.165, 1.54) is 121 Å². The molecule has 7 rings (SSSR count). The Kier molecular flexibility index (Phi) is 9.04. The molecular weight excluding hydrogens is 520 g/mol. The quantitative estimate of drug-likeness (QED) is 0.244. The SMILES string of the molecule is ClC1CCCC2C(C3C=CC(NC4=CCCCC4)CC3)C3CC=CCC3C(C3C=CC(NC4=CCCCC4)CC3)C12. The summed E-state index contributed by atoms with van der Waals surface area (Å²) in [7, 11) is 0. The fourth-order valence-electron chi connectivity index (χ4n) is 10.7. The number of halogens is 1. The Morgan fingerprint density at radius 3 is 1.66 bits per heavy atom. The second-order valence-electron chi connectivity index (χ2n) is 14.8. The molecule has 0 spiro atoms. The predicted octanol–water partition coefficient (Wildman–Crippen LogP) is 9.60. The number of hydrogen-bond acceptors (Lipinski definition) is 2. The molecule has 0 aliphatic heterocycles. The van der Waals surface area contributed by atoms with Crippen molar-refractivity contribution in [3.05, 3.63) is 60.0 Å². The molecule has 11 atom stereocenters. The van der Waals surface area contributed by atoms with Crippen LogP contribution in [0.25, 0.3) is 0 Å². The van der Waals surface area contributed by atoms with Crippen LogP contribution in [0.3, 0.4) is 0 Å². The fourth-order valence-corrected chi connectivity index (χ4v) is 11.2. The van der Waals surface area contributed by atoms with Gasteiger partial charge in [0.1, 0.15) is 0 Å². The first-order valence-corrected chi connectivity index (χ1v) is 18.2. The van der Waals surface area contributed by atoms with Crippen LogP contribution in [0.1, 0.15) is 109 Å². The molecule has 0 saturated heterocycles. The van der Waals surface area contributed by atoms with Crippen molar-refractivity contribution in [2.24, 2.45) is 47.3 Å². The highest BCUT2D eigenvalue weighted by Gasteiger charge is 2.56. The van der Waals surface area contributed by atoms with Gasteiger partial charge in [0.2, 0.25) is 0 Å². The molecule has 224 valence electrons. The van der Waals surface area contributed by atoms with E-state index in [0.29, 0.717) is 29.3 Å². The minimum atomic E-state index is 0.366. The van der Waals surface area contributed by atoms with E-state index in [-0.39, 0.29) is 0 Å². The van der Waals surface area contributed by atoms with Gasteiger partial charge in [0, 0.05) is 28.9 Å². The lowest BCUT2D eigenvalue weighted by Gasteiger charge is -2.59. The highest BCUT2D eigenvalue weighted by Crippen LogP contribution is 2.61. The van der Waals surface area contributed by atoms with E-state index in [0.717, 1.165) is 35.5 Å². The third-order valence-corrected chi connectivity index (χ3v) is 13.0. The van der Waals surface area contributed by atoms with Gasteiger partial charge in [-0.3, -0.25) is 0 Å². The van der Waals surface area contributed by atoms with Crippen molar-refractivity contribution in [2.45, 2.75) is 127 Å². The molecule has 11 unspecified atom stereocenters. The van der Waals surface area contributed by atoms with Crippen molar-refractivity contribution < 1.29 is 0 Å². The average molecular weight is 575 g/mol. The van der Waals surface area contributed by atoms with Gasteiger partial charge in [0.15, 0.2) is 0 Å². The molecule has 0 radical (unpaired) electrons. The monoisotopic (exact) mass is 574 g/mol. The molecule has 3 heteroatoms. The number of nitrogens with one attached hydrogen (secondary N) is 2. The summed E-state index contributed by atoms with van der Waals surface area (Å²) < 4.78 is 0. The van der Waals surface area contributed by atoms with Crippen LogP contribution in [-0.2, 0) is 0 Å². The molecule has 0 heterocycles. The zero-order valence-corrected chi connectivity index (χ0v) is 26.1. The smallest absolute Gasteiger partial charge is 0.0441 e. The number of alkyl halides is 1. The van der Waals surface area contributed by atoms with Crippen molar-refractivity contribution in [2.75, 3.05) is 0 Å². The number of rotatable bonds is 6. The van der Waals surface area contributed by atoms with Crippen LogP contribution in [0.15, 0.2) is 60.0 Å². The number of fused-ring (bicyclic) bond motifs is 2. The summed E-state index contributed by atoms with van der Waals surface area (Å²) in [6, 6.07) is 1.07. The fraction of sp³-hybridized carbons (Fsp3) is 0.737. The molecule has 0 aromatic heterocycles. The largest absolute Gasteiger partial charge is 0.382 e. The topological polar surface area (TPSA) is 24.1 Å². The average Bonchev–Trinajstić information content (AvgIpc) is 3.02. The zero-order chi connectivity index (χ0) is 27.6. The first-order chi connectivity index (χ1) is 20.2. The van der Waals surface area contributed by atoms with Gasteiger partial charge >= 0.3 is 0 Å². The highest BCUT2D eigenvalue weighted by molar-refractivity contribution is 6.20. The number of hydrogen-bond donors (Lipinski definition) is 2. The van der Waals surface area contributed by atoms with E-state index in [9.17, 15) is 0 Å². The van der Waals surface area contributed by atoms with Crippen LogP contribution in [0.5, 0.6) is 0 Å². The van der Waals surface area contributed by atoms with Crippen molar-refractivity contribution in [1.82, 2.24) is 10.6 Å². The Labute approximate surface area is 255 Å². The van der Waals surface area contributed by atoms with Crippen LogP contribution >= 0.6 is 11.6 Å². The van der Waals surface area contributed by atoms with Gasteiger partial charge < -0.3 is 10.6 Å². The third-order valence-electron chi connectivity index (χ3n) is 12.5. The molecule has 2 nitrogen and oxygen atoms in total. The summed E-state index contributed by atoms with van der Waals surface area (Å²) in [4.78, 5) is 0. The molecule has 7 aliphatic carbocycles. The van der Waals surface area contributed by atoms with Gasteiger partial charge in [0.25, 0.3) is 0 Å². The van der Waals surface area contributed by atoms with Gasteiger partial charge in [-0.2, -0.15) is 0 Å². The number of allylic oxidation sites excluding steroid dienone is 8. The van der Waals surface area contributed by atoms with Crippen LogP contribution in [0, 0.1) is 47.3 Å². The van der Waals surface area contributed by atoms with Crippen LogP contribution in [0.4, 0.5) is 0 Å². The van der Waals surface area contributed by atoms with Gasteiger partial charge in [-0.1, -0.05) is 55.0 Å². The standard InChI is InChI=1S/C38H55ClN2/c39-35-17-9-16-34-36(26-18-22-30(23-19-26)40-28-10-3-1-4-11-28)32-14-7-8-15-33(32)37(38(34)35)27-20-24-31(25-21-27)41-29-12-5-2-6-13-29/h7-8,10,12,18,20,22,24,26-27,30-38,40-41H,1-6,9,11,13-17,19,21,23,25H2. The Bertz CT molecular complexity index is 1050. The summed E-state index contributed by atoms with van der Waals surface area (Å²) in [5.41, 5.74) is 3.01. The van der Waals surface area contributed by atoms with Crippen molar-refractivity contribution in [3.63, 3.8) is 0 Å². The highest BCUT2D eigenvalue weighted by atomic mass is 35.5. The van der Waals surface area contributed by atoms with Crippen LogP contribution in [-0.4, -0.2) is 17.5 Å².